The highest BCUT2D eigenvalue weighted by Crippen LogP contribution is 2.26. The summed E-state index contributed by atoms with van der Waals surface area (Å²) in [5.74, 6) is -0.432. The third-order valence-corrected chi connectivity index (χ3v) is 4.74. The van der Waals surface area contributed by atoms with Gasteiger partial charge in [-0.1, -0.05) is 45.0 Å². The van der Waals surface area contributed by atoms with Crippen molar-refractivity contribution in [1.29, 1.82) is 0 Å². The van der Waals surface area contributed by atoms with Gasteiger partial charge in [-0.3, -0.25) is 19.2 Å². The van der Waals surface area contributed by atoms with Gasteiger partial charge in [-0.2, -0.15) is 5.10 Å². The van der Waals surface area contributed by atoms with Crippen molar-refractivity contribution in [2.75, 3.05) is 0 Å². The standard InChI is InChI=1S/C20H25N3O2/c1-20(2,3)17-7-5-14(6-8-17)13-23-18(24)10-16(19(23)25)9-15-11-21-22(4)12-15/h5-8,11-12,16H,9-10,13H2,1-4H3/t16-/m1/s1. The van der Waals surface area contributed by atoms with E-state index in [9.17, 15) is 9.59 Å². The maximum atomic E-state index is 12.6. The summed E-state index contributed by atoms with van der Waals surface area (Å²) in [6, 6.07) is 8.17. The fraction of sp³-hybridized carbons (Fsp3) is 0.450. The number of hydrogen-bond donors (Lipinski definition) is 0. The molecule has 0 N–H and O–H groups in total. The summed E-state index contributed by atoms with van der Waals surface area (Å²) in [5.41, 5.74) is 3.30. The SMILES string of the molecule is Cn1cc(C[C@@H]2CC(=O)N(Cc3ccc(C(C)(C)C)cc3)C2=O)cn1. The van der Waals surface area contributed by atoms with Crippen LogP contribution >= 0.6 is 0 Å². The first kappa shape index (κ1) is 17.4. The molecular weight excluding hydrogens is 314 g/mol. The van der Waals surface area contributed by atoms with E-state index < -0.39 is 0 Å². The molecule has 3 rings (SSSR count). The van der Waals surface area contributed by atoms with Crippen LogP contribution in [0.4, 0.5) is 0 Å². The van der Waals surface area contributed by atoms with E-state index in [4.69, 9.17) is 0 Å². The average Bonchev–Trinajstić information content (AvgIpc) is 3.06. The van der Waals surface area contributed by atoms with E-state index in [2.05, 4.69) is 38.0 Å². The average molecular weight is 339 g/mol. The lowest BCUT2D eigenvalue weighted by molar-refractivity contribution is -0.140. The summed E-state index contributed by atoms with van der Waals surface area (Å²) < 4.78 is 1.71. The zero-order chi connectivity index (χ0) is 18.2. The minimum atomic E-state index is -0.273. The smallest absolute Gasteiger partial charge is 0.233 e. The number of rotatable bonds is 4. The monoisotopic (exact) mass is 339 g/mol. The van der Waals surface area contributed by atoms with Crippen LogP contribution in [-0.2, 0) is 35.0 Å². The van der Waals surface area contributed by atoms with Crippen molar-refractivity contribution in [1.82, 2.24) is 14.7 Å². The van der Waals surface area contributed by atoms with Crippen molar-refractivity contribution in [2.45, 2.75) is 45.6 Å². The van der Waals surface area contributed by atoms with Crippen LogP contribution in [0, 0.1) is 5.92 Å². The summed E-state index contributed by atoms with van der Waals surface area (Å²) in [6.07, 6.45) is 4.50. The number of aromatic nitrogens is 2. The van der Waals surface area contributed by atoms with Crippen molar-refractivity contribution in [3.05, 3.63) is 53.3 Å². The molecule has 1 saturated heterocycles. The molecule has 0 bridgehead atoms. The first-order valence-electron chi connectivity index (χ1n) is 8.65. The fourth-order valence-corrected chi connectivity index (χ4v) is 3.23. The van der Waals surface area contributed by atoms with Gasteiger partial charge in [0, 0.05) is 19.7 Å². The molecular formula is C20H25N3O2. The van der Waals surface area contributed by atoms with Crippen LogP contribution in [0.5, 0.6) is 0 Å². The van der Waals surface area contributed by atoms with E-state index in [1.807, 2.05) is 25.4 Å². The molecule has 1 aliphatic rings. The normalized spacial score (nSPS) is 18.2. The molecule has 1 atom stereocenters. The predicted molar refractivity (Wildman–Crippen MR) is 95.7 cm³/mol. The van der Waals surface area contributed by atoms with Gasteiger partial charge >= 0.3 is 0 Å². The third-order valence-electron chi connectivity index (χ3n) is 4.74. The Bertz CT molecular complexity index is 784. The van der Waals surface area contributed by atoms with E-state index in [0.29, 0.717) is 13.0 Å². The highest BCUT2D eigenvalue weighted by atomic mass is 16.2. The van der Waals surface area contributed by atoms with Gasteiger partial charge < -0.3 is 0 Å². The molecule has 0 spiro atoms. The van der Waals surface area contributed by atoms with Gasteiger partial charge in [-0.05, 0) is 28.5 Å². The number of carbonyl (C=O) groups excluding carboxylic acids is 2. The minimum absolute atomic E-state index is 0.0752. The molecule has 1 aliphatic heterocycles. The number of carbonyl (C=O) groups is 2. The number of aryl methyl sites for hydroxylation is 1. The van der Waals surface area contributed by atoms with Crippen LogP contribution in [0.15, 0.2) is 36.7 Å². The van der Waals surface area contributed by atoms with Gasteiger partial charge in [0.15, 0.2) is 0 Å². The number of likely N-dealkylation sites (tertiary alicyclic amines) is 1. The van der Waals surface area contributed by atoms with Crippen molar-refractivity contribution in [3.63, 3.8) is 0 Å². The van der Waals surface area contributed by atoms with Gasteiger partial charge in [0.1, 0.15) is 0 Å². The van der Waals surface area contributed by atoms with E-state index in [-0.39, 0.29) is 29.6 Å². The topological polar surface area (TPSA) is 55.2 Å². The van der Waals surface area contributed by atoms with Gasteiger partial charge in [0.2, 0.25) is 11.8 Å². The Balaban J connectivity index is 1.68. The molecule has 1 aromatic carbocycles. The van der Waals surface area contributed by atoms with Crippen LogP contribution in [0.25, 0.3) is 0 Å². The molecule has 0 unspecified atom stereocenters. The molecule has 2 aromatic rings. The minimum Gasteiger partial charge on any atom is -0.278 e. The lowest BCUT2D eigenvalue weighted by Gasteiger charge is -2.20. The number of amides is 2. The lowest BCUT2D eigenvalue weighted by atomic mass is 9.87. The molecule has 0 radical (unpaired) electrons. The second-order valence-corrected chi connectivity index (χ2v) is 7.89. The van der Waals surface area contributed by atoms with E-state index in [0.717, 1.165) is 11.1 Å². The van der Waals surface area contributed by atoms with Crippen molar-refractivity contribution in [2.24, 2.45) is 13.0 Å². The lowest BCUT2D eigenvalue weighted by Crippen LogP contribution is -2.30. The third kappa shape index (κ3) is 3.81. The van der Waals surface area contributed by atoms with Crippen molar-refractivity contribution in [3.8, 4) is 0 Å². The molecule has 0 aliphatic carbocycles. The second-order valence-electron chi connectivity index (χ2n) is 7.89. The van der Waals surface area contributed by atoms with Crippen molar-refractivity contribution >= 4 is 11.8 Å². The fourth-order valence-electron chi connectivity index (χ4n) is 3.23. The van der Waals surface area contributed by atoms with Gasteiger partial charge in [-0.25, -0.2) is 0 Å². The van der Waals surface area contributed by atoms with Crippen LogP contribution in [0.1, 0.15) is 43.9 Å². The molecule has 1 fully saturated rings. The quantitative estimate of drug-likeness (QED) is 0.805. The van der Waals surface area contributed by atoms with Crippen molar-refractivity contribution < 1.29 is 9.59 Å². The zero-order valence-electron chi connectivity index (χ0n) is 15.3. The highest BCUT2D eigenvalue weighted by Gasteiger charge is 2.38. The number of nitrogens with zero attached hydrogens (tertiary/aromatic N) is 3. The van der Waals surface area contributed by atoms with E-state index >= 15 is 0 Å². The maximum Gasteiger partial charge on any atom is 0.233 e. The molecule has 2 amide bonds. The Kier molecular flexibility index (Phi) is 4.50. The van der Waals surface area contributed by atoms with Crippen LogP contribution < -0.4 is 0 Å². The van der Waals surface area contributed by atoms with E-state index in [1.165, 1.54) is 10.5 Å². The Morgan fingerprint density at radius 3 is 2.36 bits per heavy atom. The highest BCUT2D eigenvalue weighted by molar-refractivity contribution is 6.03. The Hall–Kier alpha value is -2.43. The number of imide groups is 1. The molecule has 2 heterocycles. The maximum absolute atomic E-state index is 12.6. The van der Waals surface area contributed by atoms with Gasteiger partial charge in [0.05, 0.1) is 18.7 Å². The molecule has 1 aromatic heterocycles. The predicted octanol–water partition coefficient (Wildman–Crippen LogP) is 2.84. The Labute approximate surface area is 148 Å². The van der Waals surface area contributed by atoms with Crippen LogP contribution in [0.2, 0.25) is 0 Å². The van der Waals surface area contributed by atoms with E-state index in [1.54, 1.807) is 10.9 Å². The first-order chi connectivity index (χ1) is 11.7. The largest absolute Gasteiger partial charge is 0.278 e. The zero-order valence-corrected chi connectivity index (χ0v) is 15.3. The molecule has 5 nitrogen and oxygen atoms in total. The van der Waals surface area contributed by atoms with Crippen LogP contribution in [0.3, 0.4) is 0 Å². The molecule has 5 heteroatoms. The molecule has 0 saturated carbocycles. The second kappa shape index (κ2) is 6.47. The summed E-state index contributed by atoms with van der Waals surface area (Å²) in [6.45, 7) is 6.85. The Morgan fingerprint density at radius 2 is 1.80 bits per heavy atom. The van der Waals surface area contributed by atoms with Gasteiger partial charge in [0.25, 0.3) is 0 Å². The number of hydrogen-bond acceptors (Lipinski definition) is 3. The van der Waals surface area contributed by atoms with Gasteiger partial charge in [-0.15, -0.1) is 0 Å². The molecule has 132 valence electrons. The summed E-state index contributed by atoms with van der Waals surface area (Å²) in [7, 11) is 1.85. The van der Waals surface area contributed by atoms with Crippen LogP contribution in [-0.4, -0.2) is 26.5 Å². The summed E-state index contributed by atoms with van der Waals surface area (Å²) in [5, 5.41) is 4.12. The molecule has 25 heavy (non-hydrogen) atoms. The number of benzene rings is 1. The first-order valence-corrected chi connectivity index (χ1v) is 8.65. The Morgan fingerprint density at radius 1 is 1.12 bits per heavy atom. The summed E-state index contributed by atoms with van der Waals surface area (Å²) >= 11 is 0. The summed E-state index contributed by atoms with van der Waals surface area (Å²) in [4.78, 5) is 26.3.